The van der Waals surface area contributed by atoms with Gasteiger partial charge in [-0.1, -0.05) is 28.1 Å². The second-order valence-electron chi connectivity index (χ2n) is 6.47. The molecule has 0 radical (unpaired) electrons. The molecule has 3 rings (SSSR count). The Labute approximate surface area is 151 Å². The molecule has 2 N–H and O–H groups in total. The van der Waals surface area contributed by atoms with Crippen molar-refractivity contribution in [3.63, 3.8) is 0 Å². The number of nitrogens with zero attached hydrogens (tertiary/aromatic N) is 3. The molecule has 2 heterocycles. The summed E-state index contributed by atoms with van der Waals surface area (Å²) in [6, 6.07) is 8.15. The molecular formula is C18H23BrN4O. The minimum atomic E-state index is 0.0847. The quantitative estimate of drug-likeness (QED) is 0.872. The van der Waals surface area contributed by atoms with Crippen molar-refractivity contribution in [1.82, 2.24) is 14.7 Å². The molecule has 1 aromatic heterocycles. The summed E-state index contributed by atoms with van der Waals surface area (Å²) in [6.07, 6.45) is 0.993. The van der Waals surface area contributed by atoms with E-state index in [9.17, 15) is 4.79 Å². The van der Waals surface area contributed by atoms with E-state index < -0.39 is 0 Å². The van der Waals surface area contributed by atoms with Gasteiger partial charge in [0.2, 0.25) is 0 Å². The highest BCUT2D eigenvalue weighted by Crippen LogP contribution is 2.22. The zero-order valence-electron chi connectivity index (χ0n) is 14.1. The number of nitrogens with two attached hydrogens (primary N) is 1. The Hall–Kier alpha value is -1.66. The van der Waals surface area contributed by atoms with Crippen LogP contribution in [0.2, 0.25) is 0 Å². The van der Waals surface area contributed by atoms with Crippen molar-refractivity contribution in [3.8, 4) is 0 Å². The molecule has 1 aliphatic rings. The number of aromatic nitrogens is 2. The SMILES string of the molecule is Cc1nn(Cc2cccc(Br)c2)c(C)c1C(=O)N1CCC(CN)C1. The van der Waals surface area contributed by atoms with Crippen LogP contribution in [0.1, 0.15) is 33.7 Å². The maximum absolute atomic E-state index is 12.9. The summed E-state index contributed by atoms with van der Waals surface area (Å²) >= 11 is 3.49. The van der Waals surface area contributed by atoms with Gasteiger partial charge in [-0.05, 0) is 50.4 Å². The average Bonchev–Trinajstić information content (AvgIpc) is 3.12. The lowest BCUT2D eigenvalue weighted by Gasteiger charge is -2.16. The zero-order chi connectivity index (χ0) is 17.3. The topological polar surface area (TPSA) is 64.2 Å². The number of carbonyl (C=O) groups is 1. The summed E-state index contributed by atoms with van der Waals surface area (Å²) < 4.78 is 2.96. The van der Waals surface area contributed by atoms with Gasteiger partial charge >= 0.3 is 0 Å². The van der Waals surface area contributed by atoms with E-state index in [2.05, 4.69) is 33.2 Å². The van der Waals surface area contributed by atoms with Crippen LogP contribution in [0.3, 0.4) is 0 Å². The normalized spacial score (nSPS) is 17.5. The number of benzene rings is 1. The van der Waals surface area contributed by atoms with Crippen LogP contribution in [0.5, 0.6) is 0 Å². The Bertz CT molecular complexity index is 755. The molecule has 0 aliphatic carbocycles. The number of hydrogen-bond acceptors (Lipinski definition) is 3. The van der Waals surface area contributed by atoms with Gasteiger partial charge in [-0.25, -0.2) is 0 Å². The van der Waals surface area contributed by atoms with Crippen molar-refractivity contribution >= 4 is 21.8 Å². The first-order chi connectivity index (χ1) is 11.5. The fourth-order valence-electron chi connectivity index (χ4n) is 3.34. The van der Waals surface area contributed by atoms with Crippen molar-refractivity contribution in [1.29, 1.82) is 0 Å². The van der Waals surface area contributed by atoms with Gasteiger partial charge < -0.3 is 10.6 Å². The third-order valence-electron chi connectivity index (χ3n) is 4.72. The van der Waals surface area contributed by atoms with Crippen LogP contribution in [0.4, 0.5) is 0 Å². The van der Waals surface area contributed by atoms with Crippen molar-refractivity contribution < 1.29 is 4.79 Å². The van der Waals surface area contributed by atoms with E-state index in [0.29, 0.717) is 19.0 Å². The van der Waals surface area contributed by atoms with Crippen LogP contribution < -0.4 is 5.73 Å². The standard InChI is InChI=1S/C18H23BrN4O/c1-12-17(18(24)22-7-6-15(9-20)10-22)13(2)23(21-12)11-14-4-3-5-16(19)8-14/h3-5,8,15H,6-7,9-11,20H2,1-2H3. The summed E-state index contributed by atoms with van der Waals surface area (Å²) in [5.74, 6) is 0.507. The number of amides is 1. The molecule has 1 amide bonds. The van der Waals surface area contributed by atoms with Gasteiger partial charge in [0, 0.05) is 23.3 Å². The highest BCUT2D eigenvalue weighted by molar-refractivity contribution is 9.10. The van der Waals surface area contributed by atoms with E-state index in [-0.39, 0.29) is 5.91 Å². The molecule has 1 aliphatic heterocycles. The van der Waals surface area contributed by atoms with Crippen LogP contribution in [0.15, 0.2) is 28.7 Å². The van der Waals surface area contributed by atoms with Crippen molar-refractivity contribution in [2.75, 3.05) is 19.6 Å². The molecule has 1 saturated heterocycles. The second kappa shape index (κ2) is 7.07. The van der Waals surface area contributed by atoms with E-state index in [0.717, 1.165) is 46.5 Å². The summed E-state index contributed by atoms with van der Waals surface area (Å²) in [5, 5.41) is 4.60. The number of likely N-dealkylation sites (tertiary alicyclic amines) is 1. The molecule has 1 aromatic carbocycles. The molecule has 1 atom stereocenters. The Morgan fingerprint density at radius 1 is 1.42 bits per heavy atom. The molecule has 1 fully saturated rings. The van der Waals surface area contributed by atoms with E-state index in [1.54, 1.807) is 0 Å². The monoisotopic (exact) mass is 390 g/mol. The van der Waals surface area contributed by atoms with E-state index in [1.165, 1.54) is 0 Å². The maximum atomic E-state index is 12.9. The number of rotatable bonds is 4. The molecule has 128 valence electrons. The minimum absolute atomic E-state index is 0.0847. The summed E-state index contributed by atoms with van der Waals surface area (Å²) in [6.45, 7) is 6.73. The van der Waals surface area contributed by atoms with E-state index in [4.69, 9.17) is 5.73 Å². The molecular weight excluding hydrogens is 368 g/mol. The predicted octanol–water partition coefficient (Wildman–Crippen LogP) is 2.73. The van der Waals surface area contributed by atoms with Crippen molar-refractivity contribution in [3.05, 3.63) is 51.3 Å². The first-order valence-corrected chi connectivity index (χ1v) is 9.06. The molecule has 24 heavy (non-hydrogen) atoms. The Morgan fingerprint density at radius 3 is 2.88 bits per heavy atom. The largest absolute Gasteiger partial charge is 0.338 e. The van der Waals surface area contributed by atoms with Gasteiger partial charge in [-0.2, -0.15) is 5.10 Å². The maximum Gasteiger partial charge on any atom is 0.257 e. The lowest BCUT2D eigenvalue weighted by molar-refractivity contribution is 0.0786. The molecule has 0 saturated carbocycles. The molecule has 0 bridgehead atoms. The van der Waals surface area contributed by atoms with Gasteiger partial charge in [0.1, 0.15) is 0 Å². The molecule has 6 heteroatoms. The van der Waals surface area contributed by atoms with Crippen LogP contribution in [-0.2, 0) is 6.54 Å². The Morgan fingerprint density at radius 2 is 2.21 bits per heavy atom. The van der Waals surface area contributed by atoms with Crippen LogP contribution in [-0.4, -0.2) is 40.2 Å². The van der Waals surface area contributed by atoms with Crippen LogP contribution in [0.25, 0.3) is 0 Å². The van der Waals surface area contributed by atoms with Crippen LogP contribution >= 0.6 is 15.9 Å². The molecule has 2 aromatic rings. The predicted molar refractivity (Wildman–Crippen MR) is 98.0 cm³/mol. The first kappa shape index (κ1) is 17.2. The lowest BCUT2D eigenvalue weighted by Crippen LogP contribution is -2.30. The van der Waals surface area contributed by atoms with Crippen molar-refractivity contribution in [2.45, 2.75) is 26.8 Å². The summed E-state index contributed by atoms with van der Waals surface area (Å²) in [5.41, 5.74) is 9.35. The van der Waals surface area contributed by atoms with Gasteiger partial charge in [0.15, 0.2) is 0 Å². The van der Waals surface area contributed by atoms with Crippen molar-refractivity contribution in [2.24, 2.45) is 11.7 Å². The highest BCUT2D eigenvalue weighted by Gasteiger charge is 2.29. The number of carbonyl (C=O) groups excluding carboxylic acids is 1. The fraction of sp³-hybridized carbons (Fsp3) is 0.444. The Kier molecular flexibility index (Phi) is 5.06. The second-order valence-corrected chi connectivity index (χ2v) is 7.39. The Balaban J connectivity index is 1.83. The van der Waals surface area contributed by atoms with Gasteiger partial charge in [0.05, 0.1) is 17.8 Å². The minimum Gasteiger partial charge on any atom is -0.338 e. The zero-order valence-corrected chi connectivity index (χ0v) is 15.7. The average molecular weight is 391 g/mol. The lowest BCUT2D eigenvalue weighted by atomic mass is 10.1. The number of hydrogen-bond donors (Lipinski definition) is 1. The van der Waals surface area contributed by atoms with Gasteiger partial charge in [-0.3, -0.25) is 9.48 Å². The van der Waals surface area contributed by atoms with Gasteiger partial charge in [0.25, 0.3) is 5.91 Å². The first-order valence-electron chi connectivity index (χ1n) is 8.27. The van der Waals surface area contributed by atoms with E-state index >= 15 is 0 Å². The van der Waals surface area contributed by atoms with Gasteiger partial charge in [-0.15, -0.1) is 0 Å². The third kappa shape index (κ3) is 3.39. The fourth-order valence-corrected chi connectivity index (χ4v) is 3.78. The summed E-state index contributed by atoms with van der Waals surface area (Å²) in [7, 11) is 0. The third-order valence-corrected chi connectivity index (χ3v) is 5.22. The molecule has 1 unspecified atom stereocenters. The smallest absolute Gasteiger partial charge is 0.257 e. The number of halogens is 1. The van der Waals surface area contributed by atoms with Crippen LogP contribution in [0, 0.1) is 19.8 Å². The highest BCUT2D eigenvalue weighted by atomic mass is 79.9. The summed E-state index contributed by atoms with van der Waals surface area (Å²) in [4.78, 5) is 14.8. The van der Waals surface area contributed by atoms with E-state index in [1.807, 2.05) is 35.6 Å². The molecule has 0 spiro atoms. The number of aryl methyl sites for hydroxylation is 1. The molecule has 5 nitrogen and oxygen atoms in total.